The first-order valence-corrected chi connectivity index (χ1v) is 8.00. The number of benzene rings is 1. The van der Waals surface area contributed by atoms with E-state index in [0.717, 1.165) is 0 Å². The maximum Gasteiger partial charge on any atom is 0.154 e. The van der Waals surface area contributed by atoms with Gasteiger partial charge in [-0.2, -0.15) is 0 Å². The van der Waals surface area contributed by atoms with Crippen LogP contribution in [0, 0.1) is 6.92 Å². The fraction of sp³-hybridized carbons (Fsp3) is 0.571. The molecule has 0 fully saturated rings. The molecule has 1 rings (SSSR count). The number of sulfone groups is 1. The fourth-order valence-corrected chi connectivity index (χ4v) is 2.73. The second-order valence-electron chi connectivity index (χ2n) is 5.35. The summed E-state index contributed by atoms with van der Waals surface area (Å²) in [6.07, 6.45) is 2.01. The van der Waals surface area contributed by atoms with Crippen LogP contribution in [0.4, 0.5) is 0 Å². The monoisotopic (exact) mass is 269 g/mol. The molecular formula is C14H23NO2S. The molecule has 1 unspecified atom stereocenters. The van der Waals surface area contributed by atoms with Crippen molar-refractivity contribution in [3.05, 3.63) is 35.4 Å². The van der Waals surface area contributed by atoms with Crippen molar-refractivity contribution in [3.8, 4) is 0 Å². The van der Waals surface area contributed by atoms with Crippen molar-refractivity contribution >= 4 is 9.84 Å². The van der Waals surface area contributed by atoms with Gasteiger partial charge in [0.2, 0.25) is 0 Å². The largest absolute Gasteiger partial charge is 0.315 e. The molecule has 102 valence electrons. The molecule has 0 amide bonds. The van der Waals surface area contributed by atoms with E-state index in [-0.39, 0.29) is 6.04 Å². The highest BCUT2D eigenvalue weighted by Crippen LogP contribution is 2.24. The predicted molar refractivity (Wildman–Crippen MR) is 76.7 cm³/mol. The molecule has 1 aromatic carbocycles. The van der Waals surface area contributed by atoms with Gasteiger partial charge in [0.05, 0.1) is 4.75 Å². The van der Waals surface area contributed by atoms with Gasteiger partial charge in [0, 0.05) is 12.3 Å². The summed E-state index contributed by atoms with van der Waals surface area (Å²) in [5.41, 5.74) is 2.38. The average Bonchev–Trinajstić information content (AvgIpc) is 2.26. The minimum absolute atomic E-state index is 0.103. The van der Waals surface area contributed by atoms with Crippen molar-refractivity contribution in [1.29, 1.82) is 0 Å². The number of aryl methyl sites for hydroxylation is 1. The third-order valence-corrected chi connectivity index (χ3v) is 6.02. The van der Waals surface area contributed by atoms with Crippen LogP contribution in [-0.2, 0) is 16.3 Å². The zero-order chi connectivity index (χ0) is 14.0. The minimum Gasteiger partial charge on any atom is -0.315 e. The van der Waals surface area contributed by atoms with Crippen molar-refractivity contribution < 1.29 is 8.42 Å². The molecular weight excluding hydrogens is 246 g/mol. The zero-order valence-corrected chi connectivity index (χ0v) is 12.6. The molecule has 0 saturated carbocycles. The van der Waals surface area contributed by atoms with Gasteiger partial charge in [-0.05, 0) is 45.4 Å². The Kier molecular flexibility index (Phi) is 4.56. The second-order valence-corrected chi connectivity index (χ2v) is 7.94. The quantitative estimate of drug-likeness (QED) is 0.888. The summed E-state index contributed by atoms with van der Waals surface area (Å²) in [7, 11) is -1.29. The van der Waals surface area contributed by atoms with Crippen LogP contribution >= 0.6 is 0 Å². The summed E-state index contributed by atoms with van der Waals surface area (Å²) in [6.45, 7) is 5.61. The van der Waals surface area contributed by atoms with Gasteiger partial charge in [-0.25, -0.2) is 8.42 Å². The van der Waals surface area contributed by atoms with Crippen LogP contribution in [0.2, 0.25) is 0 Å². The number of hydrogen-bond acceptors (Lipinski definition) is 3. The topological polar surface area (TPSA) is 46.2 Å². The van der Waals surface area contributed by atoms with Crippen molar-refractivity contribution in [1.82, 2.24) is 5.32 Å². The van der Waals surface area contributed by atoms with Crippen molar-refractivity contribution in [3.63, 3.8) is 0 Å². The van der Waals surface area contributed by atoms with Gasteiger partial charge in [0.25, 0.3) is 0 Å². The molecule has 0 aromatic heterocycles. The SMILES string of the molecule is CNC(Cc1ccccc1C)C(C)(C)S(C)(=O)=O. The highest BCUT2D eigenvalue weighted by molar-refractivity contribution is 7.92. The number of hydrogen-bond donors (Lipinski definition) is 1. The molecule has 1 atom stereocenters. The van der Waals surface area contributed by atoms with E-state index in [4.69, 9.17) is 0 Å². The summed E-state index contributed by atoms with van der Waals surface area (Å²) in [6, 6.07) is 7.99. The Hall–Kier alpha value is -0.870. The second kappa shape index (κ2) is 5.41. The molecule has 0 heterocycles. The first kappa shape index (κ1) is 15.2. The maximum atomic E-state index is 11.9. The Morgan fingerprint density at radius 2 is 1.83 bits per heavy atom. The van der Waals surface area contributed by atoms with E-state index in [1.54, 1.807) is 13.8 Å². The number of rotatable bonds is 5. The van der Waals surface area contributed by atoms with Crippen LogP contribution in [0.5, 0.6) is 0 Å². The van der Waals surface area contributed by atoms with E-state index in [1.807, 2.05) is 19.2 Å². The van der Waals surface area contributed by atoms with E-state index in [2.05, 4.69) is 24.4 Å². The zero-order valence-electron chi connectivity index (χ0n) is 11.8. The first-order chi connectivity index (χ1) is 8.20. The minimum atomic E-state index is -3.11. The Morgan fingerprint density at radius 3 is 2.28 bits per heavy atom. The maximum absolute atomic E-state index is 11.9. The summed E-state index contributed by atoms with van der Waals surface area (Å²) in [4.78, 5) is 0. The van der Waals surface area contributed by atoms with E-state index >= 15 is 0 Å². The molecule has 0 radical (unpaired) electrons. The van der Waals surface area contributed by atoms with Gasteiger partial charge in [-0.1, -0.05) is 24.3 Å². The van der Waals surface area contributed by atoms with Crippen molar-refractivity contribution in [2.24, 2.45) is 0 Å². The third-order valence-electron chi connectivity index (χ3n) is 3.83. The van der Waals surface area contributed by atoms with Crippen LogP contribution in [0.15, 0.2) is 24.3 Å². The molecule has 4 heteroatoms. The lowest BCUT2D eigenvalue weighted by Gasteiger charge is -2.33. The summed E-state index contributed by atoms with van der Waals surface area (Å²) >= 11 is 0. The highest BCUT2D eigenvalue weighted by atomic mass is 32.2. The highest BCUT2D eigenvalue weighted by Gasteiger charge is 2.38. The first-order valence-electron chi connectivity index (χ1n) is 6.11. The Morgan fingerprint density at radius 1 is 1.28 bits per heavy atom. The summed E-state index contributed by atoms with van der Waals surface area (Å²) < 4.78 is 23.0. The Balaban J connectivity index is 3.04. The van der Waals surface area contributed by atoms with Crippen LogP contribution < -0.4 is 5.32 Å². The molecule has 0 aliphatic rings. The third kappa shape index (κ3) is 3.12. The molecule has 1 N–H and O–H groups in total. The summed E-state index contributed by atoms with van der Waals surface area (Å²) in [5.74, 6) is 0. The predicted octanol–water partition coefficient (Wildman–Crippen LogP) is 1.95. The molecule has 0 aliphatic carbocycles. The van der Waals surface area contributed by atoms with Gasteiger partial charge >= 0.3 is 0 Å². The molecule has 0 saturated heterocycles. The molecule has 0 aliphatic heterocycles. The number of nitrogens with one attached hydrogen (secondary N) is 1. The summed E-state index contributed by atoms with van der Waals surface area (Å²) in [5, 5.41) is 3.15. The lowest BCUT2D eigenvalue weighted by atomic mass is 9.93. The van der Waals surface area contributed by atoms with Crippen molar-refractivity contribution in [2.75, 3.05) is 13.3 Å². The molecule has 0 spiro atoms. The molecule has 3 nitrogen and oxygen atoms in total. The van der Waals surface area contributed by atoms with Gasteiger partial charge < -0.3 is 5.32 Å². The van der Waals surface area contributed by atoms with Crippen LogP contribution in [0.1, 0.15) is 25.0 Å². The van der Waals surface area contributed by atoms with Gasteiger partial charge in [-0.3, -0.25) is 0 Å². The lowest BCUT2D eigenvalue weighted by Crippen LogP contribution is -2.51. The van der Waals surface area contributed by atoms with E-state index < -0.39 is 14.6 Å². The van der Waals surface area contributed by atoms with Gasteiger partial charge in [0.1, 0.15) is 0 Å². The average molecular weight is 269 g/mol. The number of likely N-dealkylation sites (N-methyl/N-ethyl adjacent to an activating group) is 1. The van der Waals surface area contributed by atoms with Crippen LogP contribution in [0.3, 0.4) is 0 Å². The van der Waals surface area contributed by atoms with Crippen molar-refractivity contribution in [2.45, 2.75) is 38.0 Å². The molecule has 18 heavy (non-hydrogen) atoms. The van der Waals surface area contributed by atoms with Gasteiger partial charge in [0.15, 0.2) is 9.84 Å². The fourth-order valence-electron chi connectivity index (χ4n) is 2.01. The van der Waals surface area contributed by atoms with Gasteiger partial charge in [-0.15, -0.1) is 0 Å². The smallest absolute Gasteiger partial charge is 0.154 e. The molecule has 1 aromatic rings. The van der Waals surface area contributed by atoms with E-state index in [0.29, 0.717) is 6.42 Å². The normalized spacial score (nSPS) is 14.5. The molecule has 0 bridgehead atoms. The van der Waals surface area contributed by atoms with Crippen LogP contribution in [-0.4, -0.2) is 32.5 Å². The van der Waals surface area contributed by atoms with E-state index in [1.165, 1.54) is 17.4 Å². The van der Waals surface area contributed by atoms with Crippen LogP contribution in [0.25, 0.3) is 0 Å². The standard InChI is InChI=1S/C14H23NO2S/c1-11-8-6-7-9-12(11)10-13(15-4)14(2,3)18(5,16)17/h6-9,13,15H,10H2,1-5H3. The Labute approximate surface area is 111 Å². The lowest BCUT2D eigenvalue weighted by molar-refractivity contribution is 0.430. The Bertz CT molecular complexity index is 506. The van der Waals surface area contributed by atoms with E-state index in [9.17, 15) is 8.42 Å².